The smallest absolute Gasteiger partial charge is 0.264 e. The molecule has 0 fully saturated rings. The van der Waals surface area contributed by atoms with Crippen LogP contribution in [-0.4, -0.2) is 29.2 Å². The first kappa shape index (κ1) is 17.8. The number of nitrogens with two attached hydrogens (primary N) is 1. The maximum Gasteiger partial charge on any atom is 0.264 e. The SMILES string of the molecule is Cc1ccc(C(=O)C[C@@]2(O)C(=O)N(CC(N)=O)c3ccccc32)c(C)c1. The molecule has 3 N–H and O–H groups in total. The number of anilines is 1. The third-order valence-corrected chi connectivity index (χ3v) is 4.65. The summed E-state index contributed by atoms with van der Waals surface area (Å²) in [4.78, 5) is 38.1. The molecular weight excluding hydrogens is 332 g/mol. The number of fused-ring (bicyclic) bond motifs is 1. The van der Waals surface area contributed by atoms with Crippen LogP contribution >= 0.6 is 0 Å². The molecule has 3 rings (SSSR count). The van der Waals surface area contributed by atoms with Gasteiger partial charge >= 0.3 is 0 Å². The summed E-state index contributed by atoms with van der Waals surface area (Å²) in [5.41, 5.74) is 6.18. The zero-order valence-corrected chi connectivity index (χ0v) is 14.7. The first-order chi connectivity index (χ1) is 12.2. The van der Waals surface area contributed by atoms with E-state index in [1.165, 1.54) is 0 Å². The number of ketones is 1. The summed E-state index contributed by atoms with van der Waals surface area (Å²) in [7, 11) is 0. The fraction of sp³-hybridized carbons (Fsp3) is 0.250. The Kier molecular flexibility index (Phi) is 4.38. The number of carbonyl (C=O) groups excluding carboxylic acids is 3. The quantitative estimate of drug-likeness (QED) is 0.798. The molecule has 1 heterocycles. The van der Waals surface area contributed by atoms with E-state index in [0.29, 0.717) is 16.8 Å². The van der Waals surface area contributed by atoms with Gasteiger partial charge in [0.25, 0.3) is 5.91 Å². The van der Waals surface area contributed by atoms with E-state index >= 15 is 0 Å². The number of nitrogens with zero attached hydrogens (tertiary/aromatic N) is 1. The summed E-state index contributed by atoms with van der Waals surface area (Å²) in [6, 6.07) is 12.0. The molecule has 2 aromatic rings. The van der Waals surface area contributed by atoms with E-state index in [2.05, 4.69) is 0 Å². The number of aliphatic hydroxyl groups is 1. The Hall–Kier alpha value is -2.99. The number of hydrogen-bond acceptors (Lipinski definition) is 4. The number of carbonyl (C=O) groups is 3. The van der Waals surface area contributed by atoms with E-state index in [4.69, 9.17) is 5.73 Å². The molecule has 0 aromatic heterocycles. The van der Waals surface area contributed by atoms with Gasteiger partial charge < -0.3 is 10.8 Å². The second kappa shape index (κ2) is 6.38. The highest BCUT2D eigenvalue weighted by molar-refractivity contribution is 6.12. The second-order valence-corrected chi connectivity index (χ2v) is 6.65. The van der Waals surface area contributed by atoms with Gasteiger partial charge in [-0.25, -0.2) is 0 Å². The summed E-state index contributed by atoms with van der Waals surface area (Å²) < 4.78 is 0. The normalized spacial score (nSPS) is 18.7. The Bertz CT molecular complexity index is 922. The lowest BCUT2D eigenvalue weighted by Gasteiger charge is -2.22. The Balaban J connectivity index is 1.99. The number of rotatable bonds is 5. The van der Waals surface area contributed by atoms with Gasteiger partial charge in [-0.2, -0.15) is 0 Å². The fourth-order valence-electron chi connectivity index (χ4n) is 3.44. The molecule has 6 nitrogen and oxygen atoms in total. The lowest BCUT2D eigenvalue weighted by Crippen LogP contribution is -2.44. The van der Waals surface area contributed by atoms with Crippen molar-refractivity contribution in [3.63, 3.8) is 0 Å². The van der Waals surface area contributed by atoms with Crippen molar-refractivity contribution in [2.75, 3.05) is 11.4 Å². The Morgan fingerprint density at radius 1 is 1.15 bits per heavy atom. The molecule has 0 radical (unpaired) electrons. The highest BCUT2D eigenvalue weighted by Crippen LogP contribution is 2.42. The number of hydrogen-bond donors (Lipinski definition) is 2. The highest BCUT2D eigenvalue weighted by atomic mass is 16.3. The van der Waals surface area contributed by atoms with Crippen LogP contribution in [0.25, 0.3) is 0 Å². The van der Waals surface area contributed by atoms with Crippen molar-refractivity contribution in [1.82, 2.24) is 0 Å². The van der Waals surface area contributed by atoms with Gasteiger partial charge in [-0.1, -0.05) is 42.0 Å². The van der Waals surface area contributed by atoms with Crippen molar-refractivity contribution in [1.29, 1.82) is 0 Å². The topological polar surface area (TPSA) is 101 Å². The minimum atomic E-state index is -2.01. The van der Waals surface area contributed by atoms with E-state index in [-0.39, 0.29) is 12.3 Å². The Morgan fingerprint density at radius 3 is 2.50 bits per heavy atom. The molecule has 26 heavy (non-hydrogen) atoms. The molecule has 6 heteroatoms. The van der Waals surface area contributed by atoms with Crippen molar-refractivity contribution in [3.8, 4) is 0 Å². The maximum absolute atomic E-state index is 12.8. The molecule has 0 saturated heterocycles. The third kappa shape index (κ3) is 2.88. The van der Waals surface area contributed by atoms with E-state index in [1.54, 1.807) is 30.3 Å². The molecule has 1 atom stereocenters. The first-order valence-electron chi connectivity index (χ1n) is 8.26. The van der Waals surface area contributed by atoms with E-state index < -0.39 is 23.8 Å². The molecule has 134 valence electrons. The summed E-state index contributed by atoms with van der Waals surface area (Å²) in [5, 5.41) is 11.1. The number of para-hydroxylation sites is 1. The predicted octanol–water partition coefficient (Wildman–Crippen LogP) is 1.60. The van der Waals surface area contributed by atoms with Gasteiger partial charge in [0, 0.05) is 11.1 Å². The van der Waals surface area contributed by atoms with E-state index in [1.807, 2.05) is 26.0 Å². The Morgan fingerprint density at radius 2 is 1.85 bits per heavy atom. The summed E-state index contributed by atoms with van der Waals surface area (Å²) in [6.45, 7) is 3.39. The average molecular weight is 352 g/mol. The average Bonchev–Trinajstić information content (AvgIpc) is 2.77. The first-order valence-corrected chi connectivity index (χ1v) is 8.26. The molecule has 0 aliphatic carbocycles. The predicted molar refractivity (Wildman–Crippen MR) is 96.7 cm³/mol. The van der Waals surface area contributed by atoms with Crippen LogP contribution in [0.3, 0.4) is 0 Å². The van der Waals surface area contributed by atoms with Gasteiger partial charge in [-0.05, 0) is 25.5 Å². The van der Waals surface area contributed by atoms with Crippen LogP contribution in [0.5, 0.6) is 0 Å². The van der Waals surface area contributed by atoms with Crippen molar-refractivity contribution in [2.24, 2.45) is 5.73 Å². The van der Waals surface area contributed by atoms with Crippen LogP contribution in [-0.2, 0) is 15.2 Å². The van der Waals surface area contributed by atoms with Crippen LogP contribution < -0.4 is 10.6 Å². The minimum absolute atomic E-state index is 0.310. The minimum Gasteiger partial charge on any atom is -0.375 e. The number of Topliss-reactive ketones (excluding diaryl/α,β-unsaturated/α-hetero) is 1. The van der Waals surface area contributed by atoms with Crippen LogP contribution in [0.4, 0.5) is 5.69 Å². The summed E-state index contributed by atoms with van der Waals surface area (Å²) in [6.07, 6.45) is -0.401. The van der Waals surface area contributed by atoms with E-state index in [0.717, 1.165) is 16.0 Å². The van der Waals surface area contributed by atoms with Gasteiger partial charge in [0.2, 0.25) is 5.91 Å². The van der Waals surface area contributed by atoms with Crippen molar-refractivity contribution in [3.05, 3.63) is 64.7 Å². The van der Waals surface area contributed by atoms with Crippen molar-refractivity contribution in [2.45, 2.75) is 25.9 Å². The molecule has 2 aromatic carbocycles. The van der Waals surface area contributed by atoms with Crippen LogP contribution in [0, 0.1) is 13.8 Å². The zero-order chi connectivity index (χ0) is 19.1. The van der Waals surface area contributed by atoms with Gasteiger partial charge in [-0.15, -0.1) is 0 Å². The maximum atomic E-state index is 12.8. The van der Waals surface area contributed by atoms with Gasteiger partial charge in [0.1, 0.15) is 6.54 Å². The molecular formula is C20H20N2O4. The molecule has 0 unspecified atom stereocenters. The fourth-order valence-corrected chi connectivity index (χ4v) is 3.44. The van der Waals surface area contributed by atoms with E-state index in [9.17, 15) is 19.5 Å². The highest BCUT2D eigenvalue weighted by Gasteiger charge is 2.51. The van der Waals surface area contributed by atoms with Crippen molar-refractivity contribution < 1.29 is 19.5 Å². The Labute approximate surface area is 151 Å². The standard InChI is InChI=1S/C20H20N2O4/c1-12-7-8-14(13(2)9-12)17(23)10-20(26)15-5-3-4-6-16(15)22(19(20)25)11-18(21)24/h3-9,26H,10-11H2,1-2H3,(H2,21,24)/t20-/m0/s1. The number of primary amides is 1. The van der Waals surface area contributed by atoms with Gasteiger partial charge in [0.05, 0.1) is 12.1 Å². The zero-order valence-electron chi connectivity index (χ0n) is 14.7. The van der Waals surface area contributed by atoms with Crippen LogP contribution in [0.15, 0.2) is 42.5 Å². The van der Waals surface area contributed by atoms with Crippen molar-refractivity contribution >= 4 is 23.3 Å². The summed E-state index contributed by atoms with van der Waals surface area (Å²) >= 11 is 0. The monoisotopic (exact) mass is 352 g/mol. The largest absolute Gasteiger partial charge is 0.375 e. The molecule has 0 spiro atoms. The second-order valence-electron chi connectivity index (χ2n) is 6.65. The van der Waals surface area contributed by atoms with Gasteiger partial charge in [0.15, 0.2) is 11.4 Å². The van der Waals surface area contributed by atoms with Gasteiger partial charge in [-0.3, -0.25) is 19.3 Å². The van der Waals surface area contributed by atoms with Crippen LogP contribution in [0.2, 0.25) is 0 Å². The number of benzene rings is 2. The molecule has 1 aliphatic rings. The molecule has 0 bridgehead atoms. The third-order valence-electron chi connectivity index (χ3n) is 4.65. The van der Waals surface area contributed by atoms with Crippen LogP contribution in [0.1, 0.15) is 33.5 Å². The lowest BCUT2D eigenvalue weighted by atomic mass is 9.87. The molecule has 1 aliphatic heterocycles. The number of aryl methyl sites for hydroxylation is 2. The summed E-state index contributed by atoms with van der Waals surface area (Å²) in [5.74, 6) is -1.75. The molecule has 0 saturated carbocycles. The molecule has 2 amide bonds. The number of amides is 2. The lowest BCUT2D eigenvalue weighted by molar-refractivity contribution is -0.136.